The Morgan fingerprint density at radius 2 is 1.44 bits per heavy atom. The molecule has 5 rings (SSSR count). The molecular formula is C29H34O14. The normalized spacial score (nSPS) is 33.0. The summed E-state index contributed by atoms with van der Waals surface area (Å²) < 4.78 is 17.5. The van der Waals surface area contributed by atoms with E-state index in [4.69, 9.17) is 13.9 Å². The average Bonchev–Trinajstić information content (AvgIpc) is 2.96. The Morgan fingerprint density at radius 3 is 2.14 bits per heavy atom. The molecule has 10 N–H and O–H groups in total. The Bertz CT molecular complexity index is 1540. The Balaban J connectivity index is 1.48. The zero-order valence-corrected chi connectivity index (χ0v) is 22.9. The molecule has 0 bridgehead atoms. The van der Waals surface area contributed by atoms with Crippen molar-refractivity contribution >= 4 is 11.0 Å². The molecule has 2 saturated carbocycles. The summed E-state index contributed by atoms with van der Waals surface area (Å²) in [6.07, 6.45) is -11.2. The fourth-order valence-corrected chi connectivity index (χ4v) is 5.76. The number of hydrogen-bond acceptors (Lipinski definition) is 14. The third kappa shape index (κ3) is 5.70. The highest BCUT2D eigenvalue weighted by Gasteiger charge is 2.46. The molecule has 10 atom stereocenters. The summed E-state index contributed by atoms with van der Waals surface area (Å²) in [4.78, 5) is 13.6. The number of ether oxygens (including phenoxy) is 2. The van der Waals surface area contributed by atoms with Crippen LogP contribution >= 0.6 is 0 Å². The van der Waals surface area contributed by atoms with Gasteiger partial charge in [-0.05, 0) is 37.0 Å². The van der Waals surface area contributed by atoms with Gasteiger partial charge >= 0.3 is 0 Å². The predicted molar refractivity (Wildman–Crippen MR) is 147 cm³/mol. The molecule has 0 unspecified atom stereocenters. The number of aliphatic hydroxyl groups is 6. The Kier molecular flexibility index (Phi) is 8.46. The molecule has 43 heavy (non-hydrogen) atoms. The van der Waals surface area contributed by atoms with E-state index in [0.29, 0.717) is 0 Å². The fraction of sp³-hybridized carbons (Fsp3) is 0.483. The molecular weight excluding hydrogens is 572 g/mol. The number of rotatable bonds is 6. The van der Waals surface area contributed by atoms with Crippen LogP contribution in [0, 0.1) is 11.8 Å². The summed E-state index contributed by atoms with van der Waals surface area (Å²) in [6.45, 7) is 1.42. The molecule has 234 valence electrons. The van der Waals surface area contributed by atoms with E-state index in [1.807, 2.05) is 0 Å². The number of fused-ring (bicyclic) bond motifs is 1. The number of aliphatic hydroxyl groups excluding tert-OH is 6. The van der Waals surface area contributed by atoms with Crippen molar-refractivity contribution in [1.82, 2.24) is 0 Å². The van der Waals surface area contributed by atoms with Crippen molar-refractivity contribution in [2.45, 2.75) is 68.6 Å². The molecule has 2 aliphatic rings. The number of phenolic OH excluding ortho intramolecular Hbond substituents is 4. The monoisotopic (exact) mass is 606 g/mol. The number of benzene rings is 2. The van der Waals surface area contributed by atoms with Gasteiger partial charge in [-0.25, -0.2) is 0 Å². The van der Waals surface area contributed by atoms with Crippen molar-refractivity contribution in [3.05, 3.63) is 40.6 Å². The zero-order chi connectivity index (χ0) is 31.3. The zero-order valence-electron chi connectivity index (χ0n) is 22.9. The van der Waals surface area contributed by atoms with E-state index in [1.54, 1.807) is 6.92 Å². The average molecular weight is 607 g/mol. The number of aromatic hydroxyl groups is 4. The number of hydrogen-bond donors (Lipinski definition) is 10. The van der Waals surface area contributed by atoms with Crippen LogP contribution in [0.4, 0.5) is 0 Å². The van der Waals surface area contributed by atoms with Gasteiger partial charge in [0.25, 0.3) is 0 Å². The lowest BCUT2D eigenvalue weighted by Gasteiger charge is -2.42. The quantitative estimate of drug-likeness (QED) is 0.161. The van der Waals surface area contributed by atoms with Crippen LogP contribution < -0.4 is 10.2 Å². The minimum absolute atomic E-state index is 0.0408. The second kappa shape index (κ2) is 11.8. The van der Waals surface area contributed by atoms with Crippen molar-refractivity contribution in [2.75, 3.05) is 6.61 Å². The van der Waals surface area contributed by atoms with Crippen molar-refractivity contribution in [1.29, 1.82) is 0 Å². The first-order valence-electron chi connectivity index (χ1n) is 13.7. The summed E-state index contributed by atoms with van der Waals surface area (Å²) in [7, 11) is 0. The SMILES string of the molecule is C[C@H]1C[C@H](OC[C@@H]2C[C@H](Oc3c(-c4ccc(O)c(O)c4)oc4cc(O)cc(O)c4c3=O)[C@@H](O)[C@H](O)[C@H]2O)[C@@H](O)[C@@H](O)[C@@H]1O. The van der Waals surface area contributed by atoms with Crippen LogP contribution in [0.25, 0.3) is 22.3 Å². The van der Waals surface area contributed by atoms with E-state index in [1.165, 1.54) is 6.07 Å². The molecule has 1 aromatic heterocycles. The fourth-order valence-electron chi connectivity index (χ4n) is 5.76. The summed E-state index contributed by atoms with van der Waals surface area (Å²) >= 11 is 0. The molecule has 0 aliphatic heterocycles. The van der Waals surface area contributed by atoms with Gasteiger partial charge in [0, 0.05) is 23.6 Å². The van der Waals surface area contributed by atoms with E-state index in [-0.39, 0.29) is 41.7 Å². The summed E-state index contributed by atoms with van der Waals surface area (Å²) in [5, 5.41) is 102. The van der Waals surface area contributed by atoms with Gasteiger partial charge in [-0.2, -0.15) is 0 Å². The first-order valence-corrected chi connectivity index (χ1v) is 13.7. The van der Waals surface area contributed by atoms with Crippen molar-refractivity contribution < 1.29 is 65.0 Å². The highest BCUT2D eigenvalue weighted by Crippen LogP contribution is 2.40. The molecule has 0 saturated heterocycles. The Hall–Kier alpha value is -3.63. The largest absolute Gasteiger partial charge is 0.508 e. The van der Waals surface area contributed by atoms with Gasteiger partial charge in [0.2, 0.25) is 11.2 Å². The third-order valence-corrected chi connectivity index (χ3v) is 8.32. The van der Waals surface area contributed by atoms with Gasteiger partial charge in [-0.1, -0.05) is 6.92 Å². The van der Waals surface area contributed by atoms with Crippen LogP contribution in [0.5, 0.6) is 28.7 Å². The van der Waals surface area contributed by atoms with Crippen molar-refractivity contribution in [3.8, 4) is 40.1 Å². The highest BCUT2D eigenvalue weighted by molar-refractivity contribution is 5.88. The van der Waals surface area contributed by atoms with Gasteiger partial charge < -0.3 is 65.0 Å². The predicted octanol–water partition coefficient (Wildman–Crippen LogP) is -0.360. The second-order valence-electron chi connectivity index (χ2n) is 11.3. The molecule has 0 radical (unpaired) electrons. The minimum Gasteiger partial charge on any atom is -0.508 e. The lowest BCUT2D eigenvalue weighted by Crippen LogP contribution is -2.57. The van der Waals surface area contributed by atoms with Crippen LogP contribution in [0.1, 0.15) is 19.8 Å². The molecule has 2 fully saturated rings. The molecule has 2 aliphatic carbocycles. The van der Waals surface area contributed by atoms with E-state index >= 15 is 0 Å². The lowest BCUT2D eigenvalue weighted by molar-refractivity contribution is -0.193. The van der Waals surface area contributed by atoms with Crippen LogP contribution in [-0.2, 0) is 4.74 Å². The standard InChI is InChI=1S/C29H34O14/c1-10-4-18(23(36)26(39)21(10)34)41-9-12-6-19(24(37)27(40)22(12)35)43-29-25(38)20-16(33)7-13(30)8-17(20)42-28(29)11-2-3-14(31)15(32)5-11/h2-3,5,7-8,10,12,18-19,21-24,26-27,30-37,39-40H,4,6,9H2,1H3/t10-,12-,18-,19-,21+,22-,23+,24+,26-,27+/m0/s1. The van der Waals surface area contributed by atoms with E-state index in [0.717, 1.165) is 24.3 Å². The van der Waals surface area contributed by atoms with Crippen LogP contribution in [-0.4, -0.2) is 107 Å². The molecule has 0 spiro atoms. The minimum atomic E-state index is -1.76. The van der Waals surface area contributed by atoms with Gasteiger partial charge in [0.1, 0.15) is 53.0 Å². The second-order valence-corrected chi connectivity index (χ2v) is 11.3. The molecule has 14 heteroatoms. The smallest absolute Gasteiger partial charge is 0.239 e. The molecule has 1 heterocycles. The Labute approximate surface area is 243 Å². The highest BCUT2D eigenvalue weighted by atomic mass is 16.5. The van der Waals surface area contributed by atoms with E-state index in [9.17, 15) is 55.9 Å². The maximum Gasteiger partial charge on any atom is 0.239 e. The van der Waals surface area contributed by atoms with E-state index < -0.39 is 94.8 Å². The molecule has 0 amide bonds. The lowest BCUT2D eigenvalue weighted by atomic mass is 9.80. The Morgan fingerprint density at radius 1 is 0.767 bits per heavy atom. The third-order valence-electron chi connectivity index (χ3n) is 8.32. The van der Waals surface area contributed by atoms with Crippen molar-refractivity contribution in [2.24, 2.45) is 11.8 Å². The van der Waals surface area contributed by atoms with Crippen LogP contribution in [0.2, 0.25) is 0 Å². The molecule has 3 aromatic rings. The first-order chi connectivity index (χ1) is 20.3. The number of phenols is 4. The van der Waals surface area contributed by atoms with E-state index in [2.05, 4.69) is 0 Å². The van der Waals surface area contributed by atoms with Crippen LogP contribution in [0.3, 0.4) is 0 Å². The topological polar surface area (TPSA) is 251 Å². The summed E-state index contributed by atoms with van der Waals surface area (Å²) in [6, 6.07) is 5.47. The summed E-state index contributed by atoms with van der Waals surface area (Å²) in [5.74, 6) is -4.21. The maximum absolute atomic E-state index is 13.6. The maximum atomic E-state index is 13.6. The van der Waals surface area contributed by atoms with Gasteiger partial charge in [0.05, 0.1) is 24.9 Å². The summed E-state index contributed by atoms with van der Waals surface area (Å²) in [5.41, 5.74) is -1.12. The first kappa shape index (κ1) is 30.8. The molecule has 14 nitrogen and oxygen atoms in total. The van der Waals surface area contributed by atoms with Gasteiger partial charge in [-0.15, -0.1) is 0 Å². The van der Waals surface area contributed by atoms with Crippen LogP contribution in [0.15, 0.2) is 39.5 Å². The van der Waals surface area contributed by atoms with Gasteiger partial charge in [-0.3, -0.25) is 4.79 Å². The van der Waals surface area contributed by atoms with Crippen molar-refractivity contribution in [3.63, 3.8) is 0 Å². The molecule has 2 aromatic carbocycles. The van der Waals surface area contributed by atoms with Gasteiger partial charge in [0.15, 0.2) is 17.3 Å².